The second-order valence-corrected chi connectivity index (χ2v) is 3.31. The van der Waals surface area contributed by atoms with Crippen molar-refractivity contribution in [1.82, 2.24) is 4.90 Å². The number of primary amides is 1. The fourth-order valence-electron chi connectivity index (χ4n) is 1.44. The lowest BCUT2D eigenvalue weighted by Gasteiger charge is -2.17. The van der Waals surface area contributed by atoms with Crippen LogP contribution in [0.3, 0.4) is 0 Å². The zero-order valence-electron chi connectivity index (χ0n) is 9.55. The van der Waals surface area contributed by atoms with Crippen molar-refractivity contribution >= 4 is 5.91 Å². The van der Waals surface area contributed by atoms with Gasteiger partial charge in [0.15, 0.2) is 0 Å². The minimum absolute atomic E-state index is 0.285. The van der Waals surface area contributed by atoms with Crippen LogP contribution in [0.5, 0.6) is 0 Å². The van der Waals surface area contributed by atoms with E-state index in [2.05, 4.69) is 18.7 Å². The molecule has 0 aliphatic rings. The van der Waals surface area contributed by atoms with Gasteiger partial charge >= 0.3 is 0 Å². The van der Waals surface area contributed by atoms with E-state index in [1.54, 1.807) is 0 Å². The molecule has 0 aromatic rings. The van der Waals surface area contributed by atoms with Gasteiger partial charge in [0.2, 0.25) is 5.91 Å². The highest BCUT2D eigenvalue weighted by molar-refractivity contribution is 5.91. The van der Waals surface area contributed by atoms with Gasteiger partial charge in [-0.25, -0.2) is 0 Å². The quantitative estimate of drug-likeness (QED) is 0.631. The molecule has 14 heavy (non-hydrogen) atoms. The van der Waals surface area contributed by atoms with Crippen LogP contribution < -0.4 is 5.73 Å². The molecule has 2 N–H and O–H groups in total. The molecule has 3 heteroatoms. The largest absolute Gasteiger partial charge is 0.366 e. The maximum atomic E-state index is 10.9. The zero-order chi connectivity index (χ0) is 11.0. The highest BCUT2D eigenvalue weighted by atomic mass is 16.1. The third-order valence-electron chi connectivity index (χ3n) is 2.48. The molecule has 0 fully saturated rings. The van der Waals surface area contributed by atoms with Crippen molar-refractivity contribution in [2.24, 2.45) is 5.73 Å². The Morgan fingerprint density at radius 3 is 2.29 bits per heavy atom. The molecule has 0 radical (unpaired) electrons. The molecular weight excluding hydrogens is 176 g/mol. The lowest BCUT2D eigenvalue weighted by atomic mass is 10.1. The van der Waals surface area contributed by atoms with E-state index < -0.39 is 0 Å². The summed E-state index contributed by atoms with van der Waals surface area (Å²) in [5, 5.41) is 0. The summed E-state index contributed by atoms with van der Waals surface area (Å²) in [5.74, 6) is -0.285. The average Bonchev–Trinajstić information content (AvgIpc) is 2.18. The first kappa shape index (κ1) is 13.2. The number of nitrogens with two attached hydrogens (primary N) is 1. The molecule has 0 aliphatic heterocycles. The fourth-order valence-corrected chi connectivity index (χ4v) is 1.44. The molecule has 0 aromatic heterocycles. The van der Waals surface area contributed by atoms with Crippen molar-refractivity contribution in [3.63, 3.8) is 0 Å². The number of amides is 1. The SMILES string of the molecule is CC=C(CCCN(CC)CC)C(N)=O. The Bertz CT molecular complexity index is 195. The number of allylic oxidation sites excluding steroid dienone is 1. The Hall–Kier alpha value is -0.830. The predicted octanol–water partition coefficient (Wildman–Crippen LogP) is 1.54. The third kappa shape index (κ3) is 5.02. The molecule has 0 spiro atoms. The first-order valence-corrected chi connectivity index (χ1v) is 5.33. The van der Waals surface area contributed by atoms with Crippen LogP contribution in [0.1, 0.15) is 33.6 Å². The van der Waals surface area contributed by atoms with Crippen LogP contribution in [-0.2, 0) is 4.79 Å². The Morgan fingerprint density at radius 1 is 1.36 bits per heavy atom. The molecule has 0 bridgehead atoms. The Labute approximate surface area is 87.0 Å². The van der Waals surface area contributed by atoms with Gasteiger partial charge in [-0.15, -0.1) is 0 Å². The number of hydrogen-bond donors (Lipinski definition) is 1. The highest BCUT2D eigenvalue weighted by Crippen LogP contribution is 2.05. The maximum absolute atomic E-state index is 10.9. The fraction of sp³-hybridized carbons (Fsp3) is 0.727. The smallest absolute Gasteiger partial charge is 0.244 e. The van der Waals surface area contributed by atoms with Gasteiger partial charge < -0.3 is 10.6 Å². The van der Waals surface area contributed by atoms with Crippen molar-refractivity contribution in [3.8, 4) is 0 Å². The van der Waals surface area contributed by atoms with E-state index in [0.717, 1.165) is 38.0 Å². The topological polar surface area (TPSA) is 46.3 Å². The van der Waals surface area contributed by atoms with Gasteiger partial charge in [0, 0.05) is 5.57 Å². The molecule has 0 saturated heterocycles. The Morgan fingerprint density at radius 2 is 1.93 bits per heavy atom. The van der Waals surface area contributed by atoms with Crippen molar-refractivity contribution in [3.05, 3.63) is 11.6 Å². The number of nitrogens with zero attached hydrogens (tertiary/aromatic N) is 1. The van der Waals surface area contributed by atoms with Crippen LogP contribution in [0, 0.1) is 0 Å². The molecule has 0 aromatic carbocycles. The molecular formula is C11H22N2O. The van der Waals surface area contributed by atoms with Gasteiger partial charge in [-0.2, -0.15) is 0 Å². The molecule has 0 aliphatic carbocycles. The van der Waals surface area contributed by atoms with E-state index in [1.807, 2.05) is 13.0 Å². The average molecular weight is 198 g/mol. The Kier molecular flexibility index (Phi) is 7.11. The number of hydrogen-bond acceptors (Lipinski definition) is 2. The van der Waals surface area contributed by atoms with Crippen LogP contribution >= 0.6 is 0 Å². The van der Waals surface area contributed by atoms with Crippen molar-refractivity contribution in [2.75, 3.05) is 19.6 Å². The molecule has 82 valence electrons. The number of carbonyl (C=O) groups is 1. The summed E-state index contributed by atoms with van der Waals surface area (Å²) in [5.41, 5.74) is 5.96. The van der Waals surface area contributed by atoms with Crippen molar-refractivity contribution < 1.29 is 4.79 Å². The van der Waals surface area contributed by atoms with Gasteiger partial charge in [-0.1, -0.05) is 19.9 Å². The minimum atomic E-state index is -0.285. The lowest BCUT2D eigenvalue weighted by molar-refractivity contribution is -0.114. The van der Waals surface area contributed by atoms with Gasteiger partial charge in [0.25, 0.3) is 0 Å². The summed E-state index contributed by atoms with van der Waals surface area (Å²) >= 11 is 0. The molecule has 3 nitrogen and oxygen atoms in total. The van der Waals surface area contributed by atoms with Crippen molar-refractivity contribution in [2.45, 2.75) is 33.6 Å². The van der Waals surface area contributed by atoms with Gasteiger partial charge in [-0.3, -0.25) is 4.79 Å². The summed E-state index contributed by atoms with van der Waals surface area (Å²) in [4.78, 5) is 13.2. The molecule has 0 atom stereocenters. The monoisotopic (exact) mass is 198 g/mol. The van der Waals surface area contributed by atoms with E-state index in [-0.39, 0.29) is 5.91 Å². The van der Waals surface area contributed by atoms with E-state index in [0.29, 0.717) is 0 Å². The maximum Gasteiger partial charge on any atom is 0.244 e. The summed E-state index contributed by atoms with van der Waals surface area (Å²) in [6.07, 6.45) is 3.61. The van der Waals surface area contributed by atoms with Gasteiger partial charge in [0.05, 0.1) is 0 Å². The first-order valence-electron chi connectivity index (χ1n) is 5.33. The Balaban J connectivity index is 3.77. The number of carbonyl (C=O) groups excluding carboxylic acids is 1. The molecule has 0 unspecified atom stereocenters. The normalized spacial score (nSPS) is 12.1. The minimum Gasteiger partial charge on any atom is -0.366 e. The molecule has 0 heterocycles. The van der Waals surface area contributed by atoms with E-state index in [9.17, 15) is 4.79 Å². The van der Waals surface area contributed by atoms with Crippen LogP contribution in [0.15, 0.2) is 11.6 Å². The molecule has 0 rings (SSSR count). The van der Waals surface area contributed by atoms with Crippen LogP contribution in [0.2, 0.25) is 0 Å². The second kappa shape index (κ2) is 7.56. The summed E-state index contributed by atoms with van der Waals surface area (Å²) < 4.78 is 0. The van der Waals surface area contributed by atoms with E-state index in [4.69, 9.17) is 5.73 Å². The summed E-state index contributed by atoms with van der Waals surface area (Å²) in [6.45, 7) is 9.33. The van der Waals surface area contributed by atoms with Crippen LogP contribution in [0.25, 0.3) is 0 Å². The lowest BCUT2D eigenvalue weighted by Crippen LogP contribution is -2.24. The van der Waals surface area contributed by atoms with Crippen molar-refractivity contribution in [1.29, 1.82) is 0 Å². The van der Waals surface area contributed by atoms with Gasteiger partial charge in [-0.05, 0) is 39.4 Å². The van der Waals surface area contributed by atoms with Crippen LogP contribution in [-0.4, -0.2) is 30.4 Å². The predicted molar refractivity (Wildman–Crippen MR) is 60.0 cm³/mol. The van der Waals surface area contributed by atoms with Gasteiger partial charge in [0.1, 0.15) is 0 Å². The van der Waals surface area contributed by atoms with Crippen LogP contribution in [0.4, 0.5) is 0 Å². The van der Waals surface area contributed by atoms with E-state index in [1.165, 1.54) is 0 Å². The number of rotatable bonds is 7. The molecule has 0 saturated carbocycles. The highest BCUT2D eigenvalue weighted by Gasteiger charge is 2.04. The standard InChI is InChI=1S/C11H22N2O/c1-4-10(11(12)14)8-7-9-13(5-2)6-3/h4H,5-9H2,1-3H3,(H2,12,14). The molecule has 1 amide bonds. The second-order valence-electron chi connectivity index (χ2n) is 3.31. The summed E-state index contributed by atoms with van der Waals surface area (Å²) in [7, 11) is 0. The third-order valence-corrected chi connectivity index (χ3v) is 2.48. The zero-order valence-corrected chi connectivity index (χ0v) is 9.55. The van der Waals surface area contributed by atoms with E-state index >= 15 is 0 Å². The first-order chi connectivity index (χ1) is 6.65. The summed E-state index contributed by atoms with van der Waals surface area (Å²) in [6, 6.07) is 0.